The lowest BCUT2D eigenvalue weighted by Crippen LogP contribution is -2.00. The molecule has 0 spiro atoms. The number of aliphatic hydroxyl groups excluding tert-OH is 1. The first-order valence-electron chi connectivity index (χ1n) is 8.03. The summed E-state index contributed by atoms with van der Waals surface area (Å²) in [6.07, 6.45) is 12.7. The zero-order valence-electron chi connectivity index (χ0n) is 13.0. The van der Waals surface area contributed by atoms with E-state index in [0.29, 0.717) is 6.61 Å². The number of hydrogen-bond acceptors (Lipinski definition) is 3. The molecular formula is C17H29NO2. The van der Waals surface area contributed by atoms with Crippen molar-refractivity contribution in [3.8, 4) is 5.75 Å². The predicted molar refractivity (Wildman–Crippen MR) is 83.0 cm³/mol. The SMILES string of the molecule is CCCCCCCCCC(O)c1cncc(OCC)c1. The number of rotatable bonds is 11. The normalized spacial score (nSPS) is 12.3. The molecule has 114 valence electrons. The van der Waals surface area contributed by atoms with E-state index in [1.807, 2.05) is 13.0 Å². The second kappa shape index (κ2) is 10.7. The molecule has 0 fully saturated rings. The van der Waals surface area contributed by atoms with E-state index >= 15 is 0 Å². The summed E-state index contributed by atoms with van der Waals surface area (Å²) in [5, 5.41) is 10.2. The Morgan fingerprint density at radius 1 is 1.05 bits per heavy atom. The highest BCUT2D eigenvalue weighted by Gasteiger charge is 2.08. The van der Waals surface area contributed by atoms with Crippen LogP contribution in [0.5, 0.6) is 5.75 Å². The molecule has 0 aromatic carbocycles. The number of nitrogens with zero attached hydrogens (tertiary/aromatic N) is 1. The Hall–Kier alpha value is -1.09. The third-order valence-electron chi connectivity index (χ3n) is 3.51. The summed E-state index contributed by atoms with van der Waals surface area (Å²) in [5.74, 6) is 0.739. The molecule has 1 rings (SSSR count). The van der Waals surface area contributed by atoms with Crippen molar-refractivity contribution in [2.75, 3.05) is 6.61 Å². The fraction of sp³-hybridized carbons (Fsp3) is 0.706. The highest BCUT2D eigenvalue weighted by Crippen LogP contribution is 2.22. The van der Waals surface area contributed by atoms with E-state index in [9.17, 15) is 5.11 Å². The van der Waals surface area contributed by atoms with Gasteiger partial charge in [0.25, 0.3) is 0 Å². The summed E-state index contributed by atoms with van der Waals surface area (Å²) in [7, 11) is 0. The second-order valence-electron chi connectivity index (χ2n) is 5.31. The Kier molecular flexibility index (Phi) is 9.05. The Labute approximate surface area is 123 Å². The lowest BCUT2D eigenvalue weighted by Gasteiger charge is -2.12. The molecule has 20 heavy (non-hydrogen) atoms. The molecule has 0 saturated carbocycles. The van der Waals surface area contributed by atoms with Gasteiger partial charge in [0.05, 0.1) is 18.9 Å². The van der Waals surface area contributed by atoms with Crippen LogP contribution in [-0.2, 0) is 0 Å². The second-order valence-corrected chi connectivity index (χ2v) is 5.31. The molecular weight excluding hydrogens is 250 g/mol. The Balaban J connectivity index is 2.21. The highest BCUT2D eigenvalue weighted by atomic mass is 16.5. The molecule has 3 nitrogen and oxygen atoms in total. The molecule has 0 amide bonds. The van der Waals surface area contributed by atoms with Crippen LogP contribution >= 0.6 is 0 Å². The summed E-state index contributed by atoms with van der Waals surface area (Å²) in [6, 6.07) is 1.89. The van der Waals surface area contributed by atoms with Gasteiger partial charge in [-0.1, -0.05) is 51.9 Å². The smallest absolute Gasteiger partial charge is 0.137 e. The first kappa shape index (κ1) is 17.0. The summed E-state index contributed by atoms with van der Waals surface area (Å²) in [5.41, 5.74) is 0.863. The number of unbranched alkanes of at least 4 members (excludes halogenated alkanes) is 6. The Morgan fingerprint density at radius 2 is 1.75 bits per heavy atom. The van der Waals surface area contributed by atoms with Crippen molar-refractivity contribution in [3.63, 3.8) is 0 Å². The van der Waals surface area contributed by atoms with Crippen LogP contribution in [0.15, 0.2) is 18.5 Å². The van der Waals surface area contributed by atoms with E-state index in [4.69, 9.17) is 4.74 Å². The van der Waals surface area contributed by atoms with Crippen molar-refractivity contribution in [1.29, 1.82) is 0 Å². The zero-order valence-corrected chi connectivity index (χ0v) is 13.0. The van der Waals surface area contributed by atoms with E-state index < -0.39 is 6.10 Å². The minimum Gasteiger partial charge on any atom is -0.492 e. The summed E-state index contributed by atoms with van der Waals surface area (Å²) in [4.78, 5) is 4.12. The van der Waals surface area contributed by atoms with E-state index in [-0.39, 0.29) is 0 Å². The van der Waals surface area contributed by atoms with Gasteiger partial charge in [0.15, 0.2) is 0 Å². The van der Waals surface area contributed by atoms with Crippen molar-refractivity contribution in [3.05, 3.63) is 24.0 Å². The van der Waals surface area contributed by atoms with Gasteiger partial charge in [0.2, 0.25) is 0 Å². The van der Waals surface area contributed by atoms with Crippen molar-refractivity contribution >= 4 is 0 Å². The van der Waals surface area contributed by atoms with Crippen LogP contribution in [0.1, 0.15) is 76.9 Å². The molecule has 0 radical (unpaired) electrons. The number of aromatic nitrogens is 1. The third kappa shape index (κ3) is 6.90. The molecule has 1 unspecified atom stereocenters. The molecule has 1 aromatic heterocycles. The minimum atomic E-state index is -0.418. The molecule has 0 aliphatic heterocycles. The molecule has 0 bridgehead atoms. The summed E-state index contributed by atoms with van der Waals surface area (Å²) >= 11 is 0. The predicted octanol–water partition coefficient (Wildman–Crippen LogP) is 4.65. The number of aliphatic hydroxyl groups is 1. The van der Waals surface area contributed by atoms with Gasteiger partial charge in [-0.3, -0.25) is 4.98 Å². The van der Waals surface area contributed by atoms with Gasteiger partial charge in [-0.2, -0.15) is 0 Å². The van der Waals surface area contributed by atoms with E-state index in [1.165, 1.54) is 38.5 Å². The Morgan fingerprint density at radius 3 is 2.45 bits per heavy atom. The molecule has 3 heteroatoms. The maximum absolute atomic E-state index is 10.2. The molecule has 1 atom stereocenters. The van der Waals surface area contributed by atoms with Crippen LogP contribution in [0.2, 0.25) is 0 Å². The molecule has 1 N–H and O–H groups in total. The first-order valence-corrected chi connectivity index (χ1v) is 8.03. The topological polar surface area (TPSA) is 42.4 Å². The van der Waals surface area contributed by atoms with Gasteiger partial charge in [-0.05, 0) is 19.4 Å². The van der Waals surface area contributed by atoms with Gasteiger partial charge >= 0.3 is 0 Å². The number of hydrogen-bond donors (Lipinski definition) is 1. The first-order chi connectivity index (χ1) is 9.77. The fourth-order valence-electron chi connectivity index (χ4n) is 2.32. The molecule has 0 saturated heterocycles. The van der Waals surface area contributed by atoms with Crippen LogP contribution in [0.4, 0.5) is 0 Å². The third-order valence-corrected chi connectivity index (χ3v) is 3.51. The maximum Gasteiger partial charge on any atom is 0.137 e. The quantitative estimate of drug-likeness (QED) is 0.599. The Bertz CT molecular complexity index is 355. The van der Waals surface area contributed by atoms with E-state index in [1.54, 1.807) is 12.4 Å². The summed E-state index contributed by atoms with van der Waals surface area (Å²) in [6.45, 7) is 4.81. The van der Waals surface area contributed by atoms with E-state index in [0.717, 1.165) is 24.2 Å². The molecule has 1 heterocycles. The van der Waals surface area contributed by atoms with E-state index in [2.05, 4.69) is 11.9 Å². The lowest BCUT2D eigenvalue weighted by molar-refractivity contribution is 0.162. The van der Waals surface area contributed by atoms with Gasteiger partial charge in [-0.25, -0.2) is 0 Å². The maximum atomic E-state index is 10.2. The number of ether oxygens (including phenoxy) is 1. The number of pyridine rings is 1. The lowest BCUT2D eigenvalue weighted by atomic mass is 10.0. The standard InChI is InChI=1S/C17H29NO2/c1-3-5-6-7-8-9-10-11-17(19)15-12-16(20-4-2)14-18-13-15/h12-14,17,19H,3-11H2,1-2H3. The van der Waals surface area contributed by atoms with Crippen molar-refractivity contribution < 1.29 is 9.84 Å². The fourth-order valence-corrected chi connectivity index (χ4v) is 2.32. The van der Waals surface area contributed by atoms with Gasteiger partial charge in [-0.15, -0.1) is 0 Å². The molecule has 1 aromatic rings. The zero-order chi connectivity index (χ0) is 14.6. The van der Waals surface area contributed by atoms with Crippen LogP contribution < -0.4 is 4.74 Å². The van der Waals surface area contributed by atoms with Crippen LogP contribution in [0, 0.1) is 0 Å². The van der Waals surface area contributed by atoms with Crippen LogP contribution in [-0.4, -0.2) is 16.7 Å². The molecule has 0 aliphatic rings. The van der Waals surface area contributed by atoms with Crippen molar-refractivity contribution in [2.45, 2.75) is 71.3 Å². The average molecular weight is 279 g/mol. The summed E-state index contributed by atoms with van der Waals surface area (Å²) < 4.78 is 5.40. The minimum absolute atomic E-state index is 0.418. The monoisotopic (exact) mass is 279 g/mol. The van der Waals surface area contributed by atoms with Gasteiger partial charge in [0.1, 0.15) is 5.75 Å². The van der Waals surface area contributed by atoms with Gasteiger partial charge in [0, 0.05) is 11.8 Å². The van der Waals surface area contributed by atoms with Gasteiger partial charge < -0.3 is 9.84 Å². The van der Waals surface area contributed by atoms with Crippen molar-refractivity contribution in [1.82, 2.24) is 4.98 Å². The van der Waals surface area contributed by atoms with Crippen molar-refractivity contribution in [2.24, 2.45) is 0 Å². The van der Waals surface area contributed by atoms with Crippen LogP contribution in [0.3, 0.4) is 0 Å². The average Bonchev–Trinajstić information content (AvgIpc) is 2.47. The van der Waals surface area contributed by atoms with Crippen LogP contribution in [0.25, 0.3) is 0 Å². The molecule has 0 aliphatic carbocycles. The highest BCUT2D eigenvalue weighted by molar-refractivity contribution is 5.25. The largest absolute Gasteiger partial charge is 0.492 e.